The summed E-state index contributed by atoms with van der Waals surface area (Å²) in [7, 11) is 1.69. The normalized spacial score (nSPS) is 26.2. The second kappa shape index (κ2) is 5.56. The van der Waals surface area contributed by atoms with E-state index in [4.69, 9.17) is 11.5 Å². The predicted molar refractivity (Wildman–Crippen MR) is 97.0 cm³/mol. The van der Waals surface area contributed by atoms with Crippen molar-refractivity contribution >= 4 is 28.2 Å². The summed E-state index contributed by atoms with van der Waals surface area (Å²) in [5.74, 6) is 4.51. The van der Waals surface area contributed by atoms with Crippen LogP contribution in [0.4, 0.5) is 5.00 Å². The van der Waals surface area contributed by atoms with E-state index in [0.717, 1.165) is 23.3 Å². The molecular formula is C18H16N4O3S. The molecule has 7 nitrogen and oxygen atoms in total. The van der Waals surface area contributed by atoms with E-state index in [1.54, 1.807) is 30.1 Å². The number of nitrogens with zero attached hydrogens (tertiary/aromatic N) is 2. The van der Waals surface area contributed by atoms with Gasteiger partial charge in [0.1, 0.15) is 10.0 Å². The molecule has 1 aliphatic carbocycles. The van der Waals surface area contributed by atoms with E-state index in [1.807, 2.05) is 6.07 Å². The van der Waals surface area contributed by atoms with Crippen LogP contribution in [0.2, 0.25) is 0 Å². The van der Waals surface area contributed by atoms with Crippen molar-refractivity contribution in [2.24, 2.45) is 11.7 Å². The number of thiazole rings is 1. The number of aliphatic hydroxyl groups is 1. The Labute approximate surface area is 153 Å². The monoisotopic (exact) mass is 368 g/mol. The lowest BCUT2D eigenvalue weighted by Gasteiger charge is -2.18. The van der Waals surface area contributed by atoms with Gasteiger partial charge in [-0.05, 0) is 18.6 Å². The van der Waals surface area contributed by atoms with E-state index in [9.17, 15) is 14.7 Å². The SMILES string of the molecule is CN1C(=O)[C@](O)(C#Cc2cccc(-c3nc(C(N)=O)c(N)s3)c2)[C@@H]2C[C@@H]21. The molecule has 2 heterocycles. The molecule has 2 fully saturated rings. The van der Waals surface area contributed by atoms with Crippen molar-refractivity contribution in [2.45, 2.75) is 18.1 Å². The number of fused-ring (bicyclic) bond motifs is 1. The largest absolute Gasteiger partial charge is 0.389 e. The average molecular weight is 368 g/mol. The van der Waals surface area contributed by atoms with Gasteiger partial charge in [-0.15, -0.1) is 0 Å². The number of likely N-dealkylation sites (tertiary alicyclic amines) is 1. The molecule has 2 aliphatic rings. The molecule has 2 amide bonds. The summed E-state index contributed by atoms with van der Waals surface area (Å²) in [5.41, 5.74) is 10.8. The number of anilines is 1. The number of rotatable bonds is 2. The molecule has 1 aliphatic heterocycles. The van der Waals surface area contributed by atoms with Crippen LogP contribution in [0.25, 0.3) is 10.6 Å². The van der Waals surface area contributed by atoms with E-state index < -0.39 is 11.5 Å². The molecule has 132 valence electrons. The molecule has 1 aromatic heterocycles. The van der Waals surface area contributed by atoms with Crippen LogP contribution in [-0.4, -0.2) is 45.5 Å². The molecule has 1 saturated heterocycles. The van der Waals surface area contributed by atoms with Gasteiger partial charge in [-0.2, -0.15) is 0 Å². The number of carbonyl (C=O) groups is 2. The number of primary amides is 1. The second-order valence-corrected chi connectivity index (χ2v) is 7.55. The van der Waals surface area contributed by atoms with Gasteiger partial charge in [-0.25, -0.2) is 4.98 Å². The van der Waals surface area contributed by atoms with Crippen LogP contribution in [0.5, 0.6) is 0 Å². The first-order chi connectivity index (χ1) is 12.3. The zero-order valence-electron chi connectivity index (χ0n) is 13.9. The van der Waals surface area contributed by atoms with Crippen LogP contribution in [0.3, 0.4) is 0 Å². The zero-order chi connectivity index (χ0) is 18.6. The maximum atomic E-state index is 12.2. The number of piperidine rings is 1. The molecule has 0 bridgehead atoms. The summed E-state index contributed by atoms with van der Waals surface area (Å²) in [6.07, 6.45) is 0.780. The Morgan fingerprint density at radius 1 is 1.50 bits per heavy atom. The predicted octanol–water partition coefficient (Wildman–Crippen LogP) is 0.434. The topological polar surface area (TPSA) is 123 Å². The summed E-state index contributed by atoms with van der Waals surface area (Å²) in [6, 6.07) is 7.24. The molecule has 1 saturated carbocycles. The van der Waals surface area contributed by atoms with Crippen molar-refractivity contribution in [1.29, 1.82) is 0 Å². The Morgan fingerprint density at radius 2 is 2.27 bits per heavy atom. The third kappa shape index (κ3) is 2.44. The first kappa shape index (κ1) is 16.6. The minimum Gasteiger partial charge on any atom is -0.389 e. The maximum absolute atomic E-state index is 12.2. The highest BCUT2D eigenvalue weighted by Gasteiger charge is 2.66. The number of nitrogens with two attached hydrogens (primary N) is 2. The third-order valence-electron chi connectivity index (χ3n) is 4.83. The van der Waals surface area contributed by atoms with Gasteiger partial charge in [-0.1, -0.05) is 35.3 Å². The van der Waals surface area contributed by atoms with Crippen molar-refractivity contribution in [3.63, 3.8) is 0 Å². The quantitative estimate of drug-likeness (QED) is 0.664. The highest BCUT2D eigenvalue weighted by Crippen LogP contribution is 2.50. The molecule has 5 N–H and O–H groups in total. The lowest BCUT2D eigenvalue weighted by molar-refractivity contribution is -0.140. The van der Waals surface area contributed by atoms with Gasteiger partial charge in [-0.3, -0.25) is 9.59 Å². The number of hydrogen-bond donors (Lipinski definition) is 3. The Balaban J connectivity index is 1.65. The van der Waals surface area contributed by atoms with Crippen molar-refractivity contribution in [2.75, 3.05) is 12.8 Å². The van der Waals surface area contributed by atoms with Crippen LogP contribution < -0.4 is 11.5 Å². The summed E-state index contributed by atoms with van der Waals surface area (Å²) in [6.45, 7) is 0. The summed E-state index contributed by atoms with van der Waals surface area (Å²) in [5, 5.41) is 11.5. The minimum absolute atomic E-state index is 0.0511. The number of benzene rings is 1. The lowest BCUT2D eigenvalue weighted by Crippen LogP contribution is -2.41. The fourth-order valence-corrected chi connectivity index (χ4v) is 4.15. The number of likely N-dealkylation sites (N-methyl/N-ethyl adjacent to an activating group) is 1. The lowest BCUT2D eigenvalue weighted by atomic mass is 9.99. The maximum Gasteiger partial charge on any atom is 0.270 e. The number of carbonyl (C=O) groups excluding carboxylic acids is 2. The van der Waals surface area contributed by atoms with Crippen molar-refractivity contribution in [1.82, 2.24) is 9.88 Å². The Morgan fingerprint density at radius 3 is 2.88 bits per heavy atom. The Hall–Kier alpha value is -2.89. The first-order valence-electron chi connectivity index (χ1n) is 8.00. The van der Waals surface area contributed by atoms with Gasteiger partial charge in [0, 0.05) is 30.1 Å². The third-order valence-corrected chi connectivity index (χ3v) is 5.76. The van der Waals surface area contributed by atoms with Crippen LogP contribution in [-0.2, 0) is 4.79 Å². The van der Waals surface area contributed by atoms with Gasteiger partial charge in [0.05, 0.1) is 0 Å². The van der Waals surface area contributed by atoms with Crippen LogP contribution in [0.15, 0.2) is 24.3 Å². The van der Waals surface area contributed by atoms with E-state index in [1.165, 1.54) is 0 Å². The van der Waals surface area contributed by atoms with Gasteiger partial charge in [0.15, 0.2) is 5.69 Å². The van der Waals surface area contributed by atoms with Crippen molar-refractivity contribution in [3.05, 3.63) is 35.5 Å². The highest BCUT2D eigenvalue weighted by molar-refractivity contribution is 7.19. The molecule has 3 atom stereocenters. The molecule has 0 radical (unpaired) electrons. The average Bonchev–Trinajstić information content (AvgIpc) is 3.29. The number of aromatic nitrogens is 1. The summed E-state index contributed by atoms with van der Waals surface area (Å²) < 4.78 is 0. The van der Waals surface area contributed by atoms with Crippen LogP contribution >= 0.6 is 11.3 Å². The van der Waals surface area contributed by atoms with Crippen molar-refractivity contribution < 1.29 is 14.7 Å². The fourth-order valence-electron chi connectivity index (χ4n) is 3.31. The van der Waals surface area contributed by atoms with Gasteiger partial charge in [0.2, 0.25) is 5.60 Å². The minimum atomic E-state index is -1.61. The number of nitrogen functional groups attached to an aromatic ring is 1. The standard InChI is InChI=1S/C18H16N4O3S/c1-22-12-8-11(12)18(25,17(22)24)6-5-9-3-2-4-10(7-9)16-21-13(14(19)23)15(20)26-16/h2-4,7,11-12,25H,8,20H2,1H3,(H2,19,23)/t11-,12+,18+/m1/s1. The molecule has 1 aromatic carbocycles. The number of hydrogen-bond acceptors (Lipinski definition) is 6. The zero-order valence-corrected chi connectivity index (χ0v) is 14.7. The Bertz CT molecular complexity index is 1010. The van der Waals surface area contributed by atoms with Crippen LogP contribution in [0.1, 0.15) is 22.5 Å². The smallest absolute Gasteiger partial charge is 0.270 e. The van der Waals surface area contributed by atoms with E-state index in [2.05, 4.69) is 16.8 Å². The molecule has 4 rings (SSSR count). The number of amides is 2. The van der Waals surface area contributed by atoms with Gasteiger partial charge >= 0.3 is 0 Å². The van der Waals surface area contributed by atoms with Crippen LogP contribution in [0, 0.1) is 17.8 Å². The van der Waals surface area contributed by atoms with Gasteiger partial charge in [0.25, 0.3) is 11.8 Å². The highest BCUT2D eigenvalue weighted by atomic mass is 32.1. The molecule has 0 unspecified atom stereocenters. The van der Waals surface area contributed by atoms with Crippen molar-refractivity contribution in [3.8, 4) is 22.4 Å². The second-order valence-electron chi connectivity index (χ2n) is 6.52. The van der Waals surface area contributed by atoms with Gasteiger partial charge < -0.3 is 21.5 Å². The van der Waals surface area contributed by atoms with E-state index in [0.29, 0.717) is 10.6 Å². The summed E-state index contributed by atoms with van der Waals surface area (Å²) in [4.78, 5) is 29.2. The molecule has 2 aromatic rings. The molecule has 26 heavy (non-hydrogen) atoms. The first-order valence-corrected chi connectivity index (χ1v) is 8.82. The molecular weight excluding hydrogens is 352 g/mol. The van der Waals surface area contributed by atoms with E-state index in [-0.39, 0.29) is 28.6 Å². The Kier molecular flexibility index (Phi) is 3.54. The molecule has 0 spiro atoms. The summed E-state index contributed by atoms with van der Waals surface area (Å²) >= 11 is 1.16. The molecule has 8 heteroatoms. The fraction of sp³-hybridized carbons (Fsp3) is 0.278. The van der Waals surface area contributed by atoms with E-state index >= 15 is 0 Å².